The normalized spacial score (nSPS) is 10.4. The fraction of sp³-hybridized carbons (Fsp3) is 0.158. The Morgan fingerprint density at radius 1 is 1.15 bits per heavy atom. The van der Waals surface area contributed by atoms with E-state index in [1.807, 2.05) is 12.1 Å². The lowest BCUT2D eigenvalue weighted by Gasteiger charge is -2.06. The lowest BCUT2D eigenvalue weighted by atomic mass is 10.1. The van der Waals surface area contributed by atoms with Crippen LogP contribution in [0.15, 0.2) is 47.8 Å². The standard InChI is InChI=1S/C19H17FN2O3S/c1-24-14-6-3-12(4-7-14)9-18(23)22-19-21-16(11-26-19)15-10-13(20)5-8-17(15)25-2/h3-8,10-11H,9H2,1-2H3,(H,21,22,23). The number of anilines is 1. The molecule has 26 heavy (non-hydrogen) atoms. The van der Waals surface area contributed by atoms with Gasteiger partial charge < -0.3 is 14.8 Å². The van der Waals surface area contributed by atoms with Crippen LogP contribution in [0.3, 0.4) is 0 Å². The van der Waals surface area contributed by atoms with Crippen molar-refractivity contribution in [2.45, 2.75) is 6.42 Å². The fourth-order valence-corrected chi connectivity index (χ4v) is 3.15. The molecule has 3 aromatic rings. The summed E-state index contributed by atoms with van der Waals surface area (Å²) in [5, 5.41) is 4.96. The van der Waals surface area contributed by atoms with Crippen molar-refractivity contribution in [1.29, 1.82) is 0 Å². The number of nitrogens with one attached hydrogen (secondary N) is 1. The molecule has 1 heterocycles. The molecule has 0 saturated heterocycles. The summed E-state index contributed by atoms with van der Waals surface area (Å²) < 4.78 is 23.9. The second-order valence-electron chi connectivity index (χ2n) is 5.46. The van der Waals surface area contributed by atoms with E-state index in [0.717, 1.165) is 11.3 Å². The van der Waals surface area contributed by atoms with E-state index in [1.165, 1.54) is 30.6 Å². The van der Waals surface area contributed by atoms with E-state index < -0.39 is 0 Å². The first-order chi connectivity index (χ1) is 12.6. The number of rotatable bonds is 6. The lowest BCUT2D eigenvalue weighted by Crippen LogP contribution is -2.14. The molecule has 0 unspecified atom stereocenters. The zero-order chi connectivity index (χ0) is 18.5. The molecule has 0 aliphatic heterocycles. The van der Waals surface area contributed by atoms with Gasteiger partial charge in [-0.25, -0.2) is 9.37 Å². The Kier molecular flexibility index (Phi) is 5.48. The molecular formula is C19H17FN2O3S. The van der Waals surface area contributed by atoms with E-state index in [2.05, 4.69) is 10.3 Å². The third-order valence-electron chi connectivity index (χ3n) is 3.71. The van der Waals surface area contributed by atoms with Crippen molar-refractivity contribution in [2.75, 3.05) is 19.5 Å². The van der Waals surface area contributed by atoms with Crippen LogP contribution in [0.25, 0.3) is 11.3 Å². The molecule has 0 radical (unpaired) electrons. The molecule has 1 N–H and O–H groups in total. The lowest BCUT2D eigenvalue weighted by molar-refractivity contribution is -0.115. The van der Waals surface area contributed by atoms with Crippen LogP contribution in [0.4, 0.5) is 9.52 Å². The number of ether oxygens (including phenoxy) is 2. The first kappa shape index (κ1) is 17.9. The first-order valence-corrected chi connectivity index (χ1v) is 8.69. The summed E-state index contributed by atoms with van der Waals surface area (Å²) in [6, 6.07) is 11.5. The van der Waals surface area contributed by atoms with Gasteiger partial charge in [0.15, 0.2) is 5.13 Å². The molecule has 0 saturated carbocycles. The molecule has 3 rings (SSSR count). The van der Waals surface area contributed by atoms with Gasteiger partial charge in [0, 0.05) is 10.9 Å². The highest BCUT2D eigenvalue weighted by Crippen LogP contribution is 2.32. The summed E-state index contributed by atoms with van der Waals surface area (Å²) in [6.07, 6.45) is 0.224. The van der Waals surface area contributed by atoms with Gasteiger partial charge in [-0.05, 0) is 35.9 Å². The first-order valence-electron chi connectivity index (χ1n) is 7.81. The van der Waals surface area contributed by atoms with Crippen molar-refractivity contribution in [2.24, 2.45) is 0 Å². The van der Waals surface area contributed by atoms with Gasteiger partial charge in [0.1, 0.15) is 17.3 Å². The van der Waals surface area contributed by atoms with Crippen LogP contribution in [0.2, 0.25) is 0 Å². The van der Waals surface area contributed by atoms with E-state index in [-0.39, 0.29) is 18.1 Å². The molecule has 1 aromatic heterocycles. The largest absolute Gasteiger partial charge is 0.497 e. The highest BCUT2D eigenvalue weighted by atomic mass is 32.1. The number of hydrogen-bond acceptors (Lipinski definition) is 5. The van der Waals surface area contributed by atoms with Crippen molar-refractivity contribution < 1.29 is 18.7 Å². The van der Waals surface area contributed by atoms with Gasteiger partial charge in [-0.1, -0.05) is 12.1 Å². The summed E-state index contributed by atoms with van der Waals surface area (Å²) in [6.45, 7) is 0. The molecule has 0 aliphatic carbocycles. The molecule has 0 fully saturated rings. The van der Waals surface area contributed by atoms with Crippen LogP contribution in [-0.4, -0.2) is 25.1 Å². The smallest absolute Gasteiger partial charge is 0.230 e. The number of carbonyl (C=O) groups excluding carboxylic acids is 1. The molecule has 0 bridgehead atoms. The van der Waals surface area contributed by atoms with Crippen molar-refractivity contribution >= 4 is 22.4 Å². The van der Waals surface area contributed by atoms with E-state index in [9.17, 15) is 9.18 Å². The minimum absolute atomic E-state index is 0.178. The number of aromatic nitrogens is 1. The second-order valence-corrected chi connectivity index (χ2v) is 6.31. The van der Waals surface area contributed by atoms with Crippen LogP contribution >= 0.6 is 11.3 Å². The van der Waals surface area contributed by atoms with Gasteiger partial charge in [-0.15, -0.1) is 11.3 Å². The average Bonchev–Trinajstić information content (AvgIpc) is 3.10. The number of amides is 1. The third kappa shape index (κ3) is 4.18. The Labute approximate surface area is 154 Å². The molecule has 7 heteroatoms. The Morgan fingerprint density at radius 3 is 2.62 bits per heavy atom. The topological polar surface area (TPSA) is 60.5 Å². The minimum atomic E-state index is -0.376. The van der Waals surface area contributed by atoms with Crippen LogP contribution < -0.4 is 14.8 Å². The van der Waals surface area contributed by atoms with E-state index in [4.69, 9.17) is 9.47 Å². The number of hydrogen-bond donors (Lipinski definition) is 1. The Bertz CT molecular complexity index is 909. The zero-order valence-electron chi connectivity index (χ0n) is 14.3. The number of methoxy groups -OCH3 is 2. The van der Waals surface area contributed by atoms with Crippen LogP contribution in [0, 0.1) is 5.82 Å². The van der Waals surface area contributed by atoms with Gasteiger partial charge >= 0.3 is 0 Å². The van der Waals surface area contributed by atoms with E-state index in [1.54, 1.807) is 30.7 Å². The fourth-order valence-electron chi connectivity index (χ4n) is 2.43. The van der Waals surface area contributed by atoms with Gasteiger partial charge in [0.2, 0.25) is 5.91 Å². The van der Waals surface area contributed by atoms with E-state index in [0.29, 0.717) is 22.1 Å². The highest BCUT2D eigenvalue weighted by Gasteiger charge is 2.13. The zero-order valence-corrected chi connectivity index (χ0v) is 15.1. The second kappa shape index (κ2) is 7.97. The number of carbonyl (C=O) groups is 1. The maximum atomic E-state index is 13.5. The number of thiazole rings is 1. The quantitative estimate of drug-likeness (QED) is 0.706. The minimum Gasteiger partial charge on any atom is -0.497 e. The SMILES string of the molecule is COc1ccc(CC(=O)Nc2nc(-c3cc(F)ccc3OC)cs2)cc1. The van der Waals surface area contributed by atoms with Crippen molar-refractivity contribution in [1.82, 2.24) is 4.98 Å². The maximum absolute atomic E-state index is 13.5. The number of halogens is 1. The molecule has 0 atom stereocenters. The molecule has 5 nitrogen and oxygen atoms in total. The summed E-state index contributed by atoms with van der Waals surface area (Å²) >= 11 is 1.27. The maximum Gasteiger partial charge on any atom is 0.230 e. The Hall–Kier alpha value is -2.93. The molecule has 0 spiro atoms. The van der Waals surface area contributed by atoms with E-state index >= 15 is 0 Å². The Balaban J connectivity index is 1.70. The summed E-state index contributed by atoms with van der Waals surface area (Å²) in [4.78, 5) is 16.6. The summed E-state index contributed by atoms with van der Waals surface area (Å²) in [5.74, 6) is 0.705. The number of benzene rings is 2. The molecule has 0 aliphatic rings. The van der Waals surface area contributed by atoms with Crippen molar-refractivity contribution in [3.05, 3.63) is 59.2 Å². The molecular weight excluding hydrogens is 355 g/mol. The van der Waals surface area contributed by atoms with Gasteiger partial charge in [-0.3, -0.25) is 4.79 Å². The van der Waals surface area contributed by atoms with Gasteiger partial charge in [0.25, 0.3) is 0 Å². The molecule has 134 valence electrons. The number of nitrogens with zero attached hydrogens (tertiary/aromatic N) is 1. The Morgan fingerprint density at radius 2 is 1.92 bits per heavy atom. The van der Waals surface area contributed by atoms with Crippen LogP contribution in [0.1, 0.15) is 5.56 Å². The summed E-state index contributed by atoms with van der Waals surface area (Å²) in [5.41, 5.74) is 1.96. The summed E-state index contributed by atoms with van der Waals surface area (Å²) in [7, 11) is 3.11. The van der Waals surface area contributed by atoms with Crippen LogP contribution in [-0.2, 0) is 11.2 Å². The average molecular weight is 372 g/mol. The molecule has 2 aromatic carbocycles. The van der Waals surface area contributed by atoms with Crippen molar-refractivity contribution in [3.63, 3.8) is 0 Å². The monoisotopic (exact) mass is 372 g/mol. The van der Waals surface area contributed by atoms with Crippen molar-refractivity contribution in [3.8, 4) is 22.8 Å². The highest BCUT2D eigenvalue weighted by molar-refractivity contribution is 7.14. The molecule has 1 amide bonds. The van der Waals surface area contributed by atoms with Gasteiger partial charge in [0.05, 0.1) is 26.3 Å². The predicted octanol–water partition coefficient (Wildman–Crippen LogP) is 4.15. The van der Waals surface area contributed by atoms with Crippen LogP contribution in [0.5, 0.6) is 11.5 Å². The third-order valence-corrected chi connectivity index (χ3v) is 4.47. The predicted molar refractivity (Wildman–Crippen MR) is 99.4 cm³/mol. The van der Waals surface area contributed by atoms with Gasteiger partial charge in [-0.2, -0.15) is 0 Å².